The van der Waals surface area contributed by atoms with Crippen molar-refractivity contribution >= 4 is 46.1 Å². The van der Waals surface area contributed by atoms with E-state index < -0.39 is 0 Å². The van der Waals surface area contributed by atoms with Gasteiger partial charge in [0.25, 0.3) is 0 Å². The van der Waals surface area contributed by atoms with Crippen LogP contribution in [0, 0.1) is 6.92 Å². The minimum absolute atomic E-state index is 0. The van der Waals surface area contributed by atoms with E-state index in [9.17, 15) is 0 Å². The number of hydrogen-bond acceptors (Lipinski definition) is 0. The van der Waals surface area contributed by atoms with Crippen LogP contribution in [0.3, 0.4) is 0 Å². The molecule has 0 aliphatic carbocycles. The van der Waals surface area contributed by atoms with Gasteiger partial charge in [0.1, 0.15) is 0 Å². The maximum atomic E-state index is 3.68. The molecule has 0 amide bonds. The molecule has 0 aliphatic rings. The molecule has 70 valence electrons. The van der Waals surface area contributed by atoms with E-state index in [1.165, 1.54) is 32.1 Å². The zero-order valence-corrected chi connectivity index (χ0v) is 12.2. The van der Waals surface area contributed by atoms with Crippen molar-refractivity contribution in [2.24, 2.45) is 0 Å². The summed E-state index contributed by atoms with van der Waals surface area (Å²) < 4.78 is 0. The standard InChI is InChI=1S/C5H12.C5H11.2Mg.3H/c2*1-3-5-4-2;;;;;/h3-5H2,1-2H3;1,3-5H2,2H3;;;;;/q;-1;2*+2;3*-1. The fourth-order valence-corrected chi connectivity index (χ4v) is 0.604. The maximum Gasteiger partial charge on any atom is 2.00 e. The molecule has 0 aromatic rings. The van der Waals surface area contributed by atoms with Crippen LogP contribution in [0.15, 0.2) is 0 Å². The summed E-state index contributed by atoms with van der Waals surface area (Å²) in [5.74, 6) is 0. The van der Waals surface area contributed by atoms with Crippen molar-refractivity contribution in [2.45, 2.75) is 59.3 Å². The Bertz CT molecular complexity index is 39.6. The molecule has 0 radical (unpaired) electrons. The molecule has 12 heavy (non-hydrogen) atoms. The van der Waals surface area contributed by atoms with Gasteiger partial charge in [-0.05, 0) is 0 Å². The summed E-state index contributed by atoms with van der Waals surface area (Å²) in [5.41, 5.74) is 0. The molecule has 0 N–H and O–H groups in total. The molecular weight excluding hydrogens is 169 g/mol. The third-order valence-corrected chi connectivity index (χ3v) is 1.31. The topological polar surface area (TPSA) is 0 Å². The van der Waals surface area contributed by atoms with Crippen molar-refractivity contribution in [1.82, 2.24) is 0 Å². The Balaban J connectivity index is -0.0000000128. The molecular formula is C10H26Mg2. The first-order chi connectivity index (χ1) is 4.83. The smallest absolute Gasteiger partial charge is 1.00 e. The first kappa shape index (κ1) is 23.4. The summed E-state index contributed by atoms with van der Waals surface area (Å²) in [6.45, 7) is 10.3. The van der Waals surface area contributed by atoms with Crippen LogP contribution in [-0.2, 0) is 0 Å². The van der Waals surface area contributed by atoms with Crippen LogP contribution in [0.5, 0.6) is 0 Å². The SMILES string of the molecule is CCCCC.[CH2-]CCCC.[H-].[H-].[H-].[Mg+2].[Mg+2]. The zero-order valence-electron chi connectivity index (χ0n) is 12.4. The van der Waals surface area contributed by atoms with Crippen molar-refractivity contribution in [3.8, 4) is 0 Å². The third kappa shape index (κ3) is 41.8. The van der Waals surface area contributed by atoms with Crippen molar-refractivity contribution in [1.29, 1.82) is 0 Å². The minimum atomic E-state index is 0. The summed E-state index contributed by atoms with van der Waals surface area (Å²) in [6.07, 6.45) is 7.73. The Hall–Kier alpha value is 1.53. The molecule has 0 heterocycles. The van der Waals surface area contributed by atoms with E-state index in [-0.39, 0.29) is 50.4 Å². The van der Waals surface area contributed by atoms with Crippen LogP contribution in [0.1, 0.15) is 63.6 Å². The van der Waals surface area contributed by atoms with Crippen LogP contribution in [0.4, 0.5) is 0 Å². The van der Waals surface area contributed by atoms with Crippen molar-refractivity contribution in [2.75, 3.05) is 0 Å². The first-order valence-electron chi connectivity index (χ1n) is 4.62. The van der Waals surface area contributed by atoms with Crippen LogP contribution < -0.4 is 0 Å². The predicted octanol–water partition coefficient (Wildman–Crippen LogP) is 3.78. The zero-order chi connectivity index (χ0) is 8.24. The predicted molar refractivity (Wildman–Crippen MR) is 64.9 cm³/mol. The largest absolute Gasteiger partial charge is 2.00 e. The van der Waals surface area contributed by atoms with Gasteiger partial charge in [-0.25, -0.2) is 0 Å². The second-order valence-corrected chi connectivity index (χ2v) is 2.56. The first-order valence-corrected chi connectivity index (χ1v) is 4.62. The van der Waals surface area contributed by atoms with E-state index in [2.05, 4.69) is 27.7 Å². The van der Waals surface area contributed by atoms with Gasteiger partial charge in [0.15, 0.2) is 0 Å². The van der Waals surface area contributed by atoms with E-state index in [4.69, 9.17) is 0 Å². The van der Waals surface area contributed by atoms with Crippen LogP contribution in [-0.4, -0.2) is 46.1 Å². The van der Waals surface area contributed by atoms with Gasteiger partial charge in [0, 0.05) is 0 Å². The Labute approximate surface area is 116 Å². The van der Waals surface area contributed by atoms with Crippen molar-refractivity contribution in [3.63, 3.8) is 0 Å². The number of hydrogen-bond donors (Lipinski definition) is 0. The van der Waals surface area contributed by atoms with Gasteiger partial charge in [0.2, 0.25) is 0 Å². The molecule has 0 unspecified atom stereocenters. The molecule has 0 rings (SSSR count). The summed E-state index contributed by atoms with van der Waals surface area (Å²) >= 11 is 0. The van der Waals surface area contributed by atoms with Crippen molar-refractivity contribution in [3.05, 3.63) is 6.92 Å². The fraction of sp³-hybridized carbons (Fsp3) is 0.900. The summed E-state index contributed by atoms with van der Waals surface area (Å²) in [6, 6.07) is 0. The van der Waals surface area contributed by atoms with Gasteiger partial charge in [-0.3, -0.25) is 0 Å². The average Bonchev–Trinajstić information content (AvgIpc) is 1.93. The number of rotatable bonds is 4. The second kappa shape index (κ2) is 29.4. The van der Waals surface area contributed by atoms with Crippen molar-refractivity contribution < 1.29 is 4.28 Å². The Morgan fingerprint density at radius 2 is 1.17 bits per heavy atom. The Kier molecular flexibility index (Phi) is 57.3. The quantitative estimate of drug-likeness (QED) is 0.472. The molecule has 0 saturated carbocycles. The molecule has 0 aromatic carbocycles. The van der Waals surface area contributed by atoms with E-state index in [1.54, 1.807) is 0 Å². The Morgan fingerprint density at radius 1 is 0.833 bits per heavy atom. The molecule has 0 saturated heterocycles. The molecule has 0 nitrogen and oxygen atoms in total. The van der Waals surface area contributed by atoms with E-state index in [0.29, 0.717) is 0 Å². The van der Waals surface area contributed by atoms with Gasteiger partial charge in [0.05, 0.1) is 0 Å². The van der Waals surface area contributed by atoms with Gasteiger partial charge < -0.3 is 11.2 Å². The molecule has 2 heteroatoms. The molecule has 0 bridgehead atoms. The van der Waals surface area contributed by atoms with Crippen LogP contribution >= 0.6 is 0 Å². The molecule has 0 atom stereocenters. The average molecular weight is 195 g/mol. The third-order valence-electron chi connectivity index (χ3n) is 1.31. The Morgan fingerprint density at radius 3 is 1.17 bits per heavy atom. The molecule has 0 aromatic heterocycles. The van der Waals surface area contributed by atoms with Gasteiger partial charge in [-0.15, -0.1) is 0 Å². The van der Waals surface area contributed by atoms with E-state index in [0.717, 1.165) is 6.42 Å². The molecule has 0 aliphatic heterocycles. The molecule has 0 spiro atoms. The molecule has 0 fully saturated rings. The van der Waals surface area contributed by atoms with E-state index in [1.807, 2.05) is 0 Å². The van der Waals surface area contributed by atoms with E-state index >= 15 is 0 Å². The maximum absolute atomic E-state index is 3.68. The summed E-state index contributed by atoms with van der Waals surface area (Å²) in [4.78, 5) is 0. The van der Waals surface area contributed by atoms with Crippen LogP contribution in [0.25, 0.3) is 0 Å². The normalized spacial score (nSPS) is 7.00. The minimum Gasteiger partial charge on any atom is -1.00 e. The summed E-state index contributed by atoms with van der Waals surface area (Å²) in [7, 11) is 0. The van der Waals surface area contributed by atoms with Crippen LogP contribution in [0.2, 0.25) is 0 Å². The summed E-state index contributed by atoms with van der Waals surface area (Å²) in [5, 5.41) is 0. The van der Waals surface area contributed by atoms with Gasteiger partial charge >= 0.3 is 46.1 Å². The fourth-order valence-electron chi connectivity index (χ4n) is 0.604. The van der Waals surface area contributed by atoms with Gasteiger partial charge in [-0.1, -0.05) is 52.9 Å². The second-order valence-electron chi connectivity index (χ2n) is 2.56. The van der Waals surface area contributed by atoms with Gasteiger partial charge in [-0.2, -0.15) is 6.42 Å². The number of unbranched alkanes of at least 4 members (excludes halogenated alkanes) is 4. The monoisotopic (exact) mass is 194 g/mol.